The second-order valence-electron chi connectivity index (χ2n) is 4.35. The highest BCUT2D eigenvalue weighted by atomic mass is 19.1. The summed E-state index contributed by atoms with van der Waals surface area (Å²) in [5.74, 6) is -0.284. The monoisotopic (exact) mass is 260 g/mol. The van der Waals surface area contributed by atoms with Crippen molar-refractivity contribution in [1.82, 2.24) is 0 Å². The molecular weight excluding hydrogens is 243 g/mol. The number of aryl methyl sites for hydroxylation is 1. The second kappa shape index (κ2) is 5.85. The lowest BCUT2D eigenvalue weighted by Gasteiger charge is -2.16. The lowest BCUT2D eigenvalue weighted by Crippen LogP contribution is -2.04. The number of benzene rings is 2. The summed E-state index contributed by atoms with van der Waals surface area (Å²) in [7, 11) is 1.42. The number of ether oxygens (including phenoxy) is 1. The van der Waals surface area contributed by atoms with E-state index in [4.69, 9.17) is 4.74 Å². The summed E-state index contributed by atoms with van der Waals surface area (Å²) in [4.78, 5) is 0. The van der Waals surface area contributed by atoms with E-state index in [9.17, 15) is 9.50 Å². The van der Waals surface area contributed by atoms with E-state index < -0.39 is 11.9 Å². The van der Waals surface area contributed by atoms with Crippen LogP contribution in [0.4, 0.5) is 4.39 Å². The van der Waals surface area contributed by atoms with Crippen LogP contribution in [0.1, 0.15) is 29.7 Å². The number of aliphatic hydroxyl groups is 1. The summed E-state index contributed by atoms with van der Waals surface area (Å²) >= 11 is 0. The quantitative estimate of drug-likeness (QED) is 0.912. The largest absolute Gasteiger partial charge is 0.494 e. The molecule has 0 fully saturated rings. The van der Waals surface area contributed by atoms with E-state index in [2.05, 4.69) is 0 Å². The fourth-order valence-electron chi connectivity index (χ4n) is 2.16. The minimum Gasteiger partial charge on any atom is -0.494 e. The van der Waals surface area contributed by atoms with Crippen molar-refractivity contribution in [3.05, 3.63) is 65.0 Å². The summed E-state index contributed by atoms with van der Waals surface area (Å²) in [6, 6.07) is 12.2. The van der Waals surface area contributed by atoms with Crippen molar-refractivity contribution in [1.29, 1.82) is 0 Å². The summed E-state index contributed by atoms with van der Waals surface area (Å²) < 4.78 is 18.5. The van der Waals surface area contributed by atoms with Crippen LogP contribution in [0.3, 0.4) is 0 Å². The Morgan fingerprint density at radius 1 is 1.21 bits per heavy atom. The molecule has 0 heterocycles. The molecule has 0 radical (unpaired) electrons. The smallest absolute Gasteiger partial charge is 0.165 e. The Morgan fingerprint density at radius 3 is 2.58 bits per heavy atom. The third-order valence-corrected chi connectivity index (χ3v) is 3.22. The molecule has 0 saturated heterocycles. The van der Waals surface area contributed by atoms with Gasteiger partial charge in [-0.25, -0.2) is 4.39 Å². The average Bonchev–Trinajstić information content (AvgIpc) is 2.46. The molecule has 0 aliphatic rings. The van der Waals surface area contributed by atoms with Crippen LogP contribution >= 0.6 is 0 Å². The maximum absolute atomic E-state index is 13.7. The summed E-state index contributed by atoms with van der Waals surface area (Å²) in [5, 5.41) is 10.4. The van der Waals surface area contributed by atoms with Crippen LogP contribution in [0.25, 0.3) is 0 Å². The fraction of sp³-hybridized carbons (Fsp3) is 0.250. The first-order chi connectivity index (χ1) is 9.17. The van der Waals surface area contributed by atoms with Crippen molar-refractivity contribution in [3.8, 4) is 5.75 Å². The molecule has 1 unspecified atom stereocenters. The standard InChI is InChI=1S/C16H17FO2/c1-3-11-6-4-5-7-13(11)16(18)12-8-9-15(19-2)14(17)10-12/h4-10,16,18H,3H2,1-2H3. The molecule has 0 saturated carbocycles. The Bertz CT molecular complexity index is 566. The zero-order chi connectivity index (χ0) is 13.8. The van der Waals surface area contributed by atoms with Crippen molar-refractivity contribution in [3.63, 3.8) is 0 Å². The van der Waals surface area contributed by atoms with E-state index in [1.54, 1.807) is 6.07 Å². The molecule has 0 bridgehead atoms. The van der Waals surface area contributed by atoms with E-state index >= 15 is 0 Å². The first-order valence-corrected chi connectivity index (χ1v) is 6.26. The third kappa shape index (κ3) is 2.76. The van der Waals surface area contributed by atoms with Crippen molar-refractivity contribution in [2.24, 2.45) is 0 Å². The molecule has 2 nitrogen and oxygen atoms in total. The van der Waals surface area contributed by atoms with E-state index in [1.807, 2.05) is 31.2 Å². The maximum atomic E-state index is 13.7. The highest BCUT2D eigenvalue weighted by Gasteiger charge is 2.15. The van der Waals surface area contributed by atoms with Gasteiger partial charge < -0.3 is 9.84 Å². The van der Waals surface area contributed by atoms with E-state index in [-0.39, 0.29) is 5.75 Å². The minimum atomic E-state index is -0.823. The molecule has 2 aromatic carbocycles. The van der Waals surface area contributed by atoms with Crippen molar-refractivity contribution < 1.29 is 14.2 Å². The molecule has 2 rings (SSSR count). The normalized spacial score (nSPS) is 12.2. The van der Waals surface area contributed by atoms with Gasteiger partial charge in [0.05, 0.1) is 7.11 Å². The number of hydrogen-bond acceptors (Lipinski definition) is 2. The Morgan fingerprint density at radius 2 is 1.95 bits per heavy atom. The topological polar surface area (TPSA) is 29.5 Å². The SMILES string of the molecule is CCc1ccccc1C(O)c1ccc(OC)c(F)c1. The number of hydrogen-bond donors (Lipinski definition) is 1. The third-order valence-electron chi connectivity index (χ3n) is 3.22. The molecule has 2 aromatic rings. The van der Waals surface area contributed by atoms with Crippen LogP contribution in [0.15, 0.2) is 42.5 Å². The lowest BCUT2D eigenvalue weighted by atomic mass is 9.95. The van der Waals surface area contributed by atoms with Crippen LogP contribution in [-0.2, 0) is 6.42 Å². The van der Waals surface area contributed by atoms with Crippen molar-refractivity contribution in [2.75, 3.05) is 7.11 Å². The van der Waals surface area contributed by atoms with Crippen LogP contribution in [0.5, 0.6) is 5.75 Å². The highest BCUT2D eigenvalue weighted by molar-refractivity contribution is 5.38. The fourth-order valence-corrected chi connectivity index (χ4v) is 2.16. The Hall–Kier alpha value is -1.87. The van der Waals surface area contributed by atoms with Gasteiger partial charge in [-0.15, -0.1) is 0 Å². The summed E-state index contributed by atoms with van der Waals surface area (Å²) in [6.07, 6.45) is 0.00263. The van der Waals surface area contributed by atoms with Crippen LogP contribution in [0.2, 0.25) is 0 Å². The molecule has 1 atom stereocenters. The van der Waals surface area contributed by atoms with Gasteiger partial charge >= 0.3 is 0 Å². The van der Waals surface area contributed by atoms with Crippen molar-refractivity contribution in [2.45, 2.75) is 19.4 Å². The van der Waals surface area contributed by atoms with E-state index in [0.717, 1.165) is 17.5 Å². The zero-order valence-corrected chi connectivity index (χ0v) is 11.1. The number of methoxy groups -OCH3 is 1. The van der Waals surface area contributed by atoms with Gasteiger partial charge in [0.15, 0.2) is 11.6 Å². The molecular formula is C16H17FO2. The maximum Gasteiger partial charge on any atom is 0.165 e. The van der Waals surface area contributed by atoms with Gasteiger partial charge in [-0.2, -0.15) is 0 Å². The average molecular weight is 260 g/mol. The Balaban J connectivity index is 2.38. The number of halogens is 1. The first-order valence-electron chi connectivity index (χ1n) is 6.26. The minimum absolute atomic E-state index is 0.180. The van der Waals surface area contributed by atoms with Gasteiger partial charge in [0.1, 0.15) is 6.10 Å². The zero-order valence-electron chi connectivity index (χ0n) is 11.1. The van der Waals surface area contributed by atoms with Crippen LogP contribution < -0.4 is 4.74 Å². The molecule has 0 aliphatic carbocycles. The molecule has 100 valence electrons. The number of rotatable bonds is 4. The molecule has 0 amide bonds. The van der Waals surface area contributed by atoms with Gasteiger partial charge in [-0.3, -0.25) is 0 Å². The molecule has 0 aliphatic heterocycles. The van der Waals surface area contributed by atoms with Gasteiger partial charge in [0, 0.05) is 0 Å². The predicted molar refractivity (Wildman–Crippen MR) is 72.8 cm³/mol. The first kappa shape index (κ1) is 13.6. The molecule has 0 aromatic heterocycles. The summed E-state index contributed by atoms with van der Waals surface area (Å²) in [5.41, 5.74) is 2.40. The second-order valence-corrected chi connectivity index (χ2v) is 4.35. The van der Waals surface area contributed by atoms with Gasteiger partial charge in [0.25, 0.3) is 0 Å². The van der Waals surface area contributed by atoms with Gasteiger partial charge in [0.2, 0.25) is 0 Å². The Labute approximate surface area is 112 Å². The summed E-state index contributed by atoms with van der Waals surface area (Å²) in [6.45, 7) is 2.03. The number of aliphatic hydroxyl groups excluding tert-OH is 1. The highest BCUT2D eigenvalue weighted by Crippen LogP contribution is 2.28. The van der Waals surface area contributed by atoms with Crippen molar-refractivity contribution >= 4 is 0 Å². The molecule has 19 heavy (non-hydrogen) atoms. The lowest BCUT2D eigenvalue weighted by molar-refractivity contribution is 0.218. The van der Waals surface area contributed by atoms with Gasteiger partial charge in [-0.1, -0.05) is 37.3 Å². The van der Waals surface area contributed by atoms with E-state index in [0.29, 0.717) is 5.56 Å². The van der Waals surface area contributed by atoms with Crippen LogP contribution in [-0.4, -0.2) is 12.2 Å². The Kier molecular flexibility index (Phi) is 4.17. The van der Waals surface area contributed by atoms with Crippen LogP contribution in [0, 0.1) is 5.82 Å². The molecule has 1 N–H and O–H groups in total. The predicted octanol–water partition coefficient (Wildman–Crippen LogP) is 3.48. The molecule has 0 spiro atoms. The van der Waals surface area contributed by atoms with E-state index in [1.165, 1.54) is 19.2 Å². The van der Waals surface area contributed by atoms with Gasteiger partial charge in [-0.05, 0) is 35.2 Å². The molecule has 3 heteroatoms.